The van der Waals surface area contributed by atoms with Crippen LogP contribution in [0.5, 0.6) is 0 Å². The second-order valence-corrected chi connectivity index (χ2v) is 9.49. The molecule has 1 aliphatic heterocycles. The molecule has 2 aromatic rings. The summed E-state index contributed by atoms with van der Waals surface area (Å²) in [5.74, 6) is -0.692. The first-order chi connectivity index (χ1) is 12.4. The lowest BCUT2D eigenvalue weighted by molar-refractivity contribution is 0.0479. The maximum absolute atomic E-state index is 12.5. The van der Waals surface area contributed by atoms with Crippen LogP contribution in [-0.2, 0) is 16.0 Å². The van der Waals surface area contributed by atoms with Crippen molar-refractivity contribution in [1.29, 1.82) is 0 Å². The van der Waals surface area contributed by atoms with Gasteiger partial charge in [-0.1, -0.05) is 0 Å². The van der Waals surface area contributed by atoms with Crippen LogP contribution in [0.2, 0.25) is 0 Å². The Labute approximate surface area is 172 Å². The minimum absolute atomic E-state index is 0.195. The number of halogens is 2. The largest absolute Gasteiger partial charge is 0.453 e. The van der Waals surface area contributed by atoms with E-state index in [4.69, 9.17) is 9.47 Å². The molecule has 0 amide bonds. The van der Waals surface area contributed by atoms with Gasteiger partial charge in [0.25, 0.3) is 0 Å². The van der Waals surface area contributed by atoms with Gasteiger partial charge in [0.15, 0.2) is 6.61 Å². The van der Waals surface area contributed by atoms with Gasteiger partial charge in [-0.15, -0.1) is 11.3 Å². The van der Waals surface area contributed by atoms with Gasteiger partial charge in [0.2, 0.25) is 5.78 Å². The molecule has 140 valence electrons. The van der Waals surface area contributed by atoms with Crippen molar-refractivity contribution in [3.63, 3.8) is 0 Å². The normalized spacial score (nSPS) is 16.8. The summed E-state index contributed by atoms with van der Waals surface area (Å²) in [5.41, 5.74) is 2.50. The van der Waals surface area contributed by atoms with Crippen molar-refractivity contribution in [2.24, 2.45) is 0 Å². The molecule has 0 aromatic carbocycles. The molecule has 0 unspecified atom stereocenters. The van der Waals surface area contributed by atoms with Gasteiger partial charge in [-0.3, -0.25) is 4.79 Å². The number of ketones is 1. The number of hydrogen-bond donors (Lipinski definition) is 0. The maximum atomic E-state index is 12.5. The van der Waals surface area contributed by atoms with E-state index in [9.17, 15) is 9.59 Å². The van der Waals surface area contributed by atoms with E-state index < -0.39 is 5.97 Å². The molecule has 26 heavy (non-hydrogen) atoms. The molecular formula is C18H19Br2NO4S. The van der Waals surface area contributed by atoms with Crippen LogP contribution in [-0.4, -0.2) is 35.6 Å². The van der Waals surface area contributed by atoms with E-state index in [2.05, 4.69) is 36.4 Å². The molecule has 1 atom stereocenters. The molecule has 0 spiro atoms. The van der Waals surface area contributed by atoms with Crippen molar-refractivity contribution in [2.75, 3.05) is 13.2 Å². The lowest BCUT2D eigenvalue weighted by atomic mass is 10.1. The Hall–Kier alpha value is -0.960. The van der Waals surface area contributed by atoms with Gasteiger partial charge < -0.3 is 14.0 Å². The zero-order valence-corrected chi connectivity index (χ0v) is 18.5. The molecule has 5 nitrogen and oxygen atoms in total. The molecule has 1 saturated heterocycles. The highest BCUT2D eigenvalue weighted by Gasteiger charge is 2.22. The van der Waals surface area contributed by atoms with Crippen LogP contribution in [0.4, 0.5) is 0 Å². The number of Topliss-reactive ketones (excluding diaryl/α,β-unsaturated/α-hetero) is 1. The van der Waals surface area contributed by atoms with E-state index in [1.807, 2.05) is 19.9 Å². The maximum Gasteiger partial charge on any atom is 0.348 e. The number of thiophene rings is 1. The van der Waals surface area contributed by atoms with Crippen LogP contribution < -0.4 is 0 Å². The van der Waals surface area contributed by atoms with E-state index in [-0.39, 0.29) is 18.5 Å². The Kier molecular flexibility index (Phi) is 6.37. The number of nitrogens with zero attached hydrogens (tertiary/aromatic N) is 1. The molecule has 0 saturated carbocycles. The average Bonchev–Trinajstić information content (AvgIpc) is 3.30. The summed E-state index contributed by atoms with van der Waals surface area (Å²) < 4.78 is 14.6. The number of esters is 1. The van der Waals surface area contributed by atoms with Crippen LogP contribution >= 0.6 is 43.2 Å². The molecule has 1 aliphatic rings. The Morgan fingerprint density at radius 3 is 2.73 bits per heavy atom. The highest BCUT2D eigenvalue weighted by molar-refractivity contribution is 9.13. The van der Waals surface area contributed by atoms with E-state index in [1.165, 1.54) is 11.3 Å². The van der Waals surface area contributed by atoms with Gasteiger partial charge in [-0.2, -0.15) is 0 Å². The standard InChI is InChI=1S/C18H19Br2NO4S/c1-10-6-13(11(2)21(10)8-12-4-3-5-24-12)15(22)9-25-18(23)16-7-14(19)17(20)26-16/h6-7,12H,3-5,8-9H2,1-2H3/t12-/m0/s1. The first-order valence-corrected chi connectivity index (χ1v) is 10.7. The molecule has 0 radical (unpaired) electrons. The molecule has 3 rings (SSSR count). The van der Waals surface area contributed by atoms with Gasteiger partial charge in [-0.25, -0.2) is 4.79 Å². The summed E-state index contributed by atoms with van der Waals surface area (Å²) >= 11 is 7.94. The number of carbonyl (C=O) groups excluding carboxylic acids is 2. The predicted octanol–water partition coefficient (Wildman–Crippen LogP) is 4.91. The zero-order chi connectivity index (χ0) is 18.8. The fraction of sp³-hybridized carbons (Fsp3) is 0.444. The molecular weight excluding hydrogens is 486 g/mol. The third-order valence-corrected chi connectivity index (χ3v) is 7.70. The third kappa shape index (κ3) is 4.30. The summed E-state index contributed by atoms with van der Waals surface area (Å²) in [6.07, 6.45) is 2.33. The molecule has 1 fully saturated rings. The fourth-order valence-corrected chi connectivity index (χ4v) is 5.01. The summed E-state index contributed by atoms with van der Waals surface area (Å²) in [5, 5.41) is 0. The summed E-state index contributed by atoms with van der Waals surface area (Å²) in [6.45, 7) is 5.19. The second kappa shape index (κ2) is 8.37. The van der Waals surface area contributed by atoms with Gasteiger partial charge >= 0.3 is 5.97 Å². The molecule has 8 heteroatoms. The van der Waals surface area contributed by atoms with E-state index in [0.717, 1.165) is 45.6 Å². The Balaban J connectivity index is 1.65. The second-order valence-electron chi connectivity index (χ2n) is 6.26. The number of rotatable bonds is 6. The highest BCUT2D eigenvalue weighted by atomic mass is 79.9. The quantitative estimate of drug-likeness (QED) is 0.414. The molecule has 2 aromatic heterocycles. The Morgan fingerprint density at radius 2 is 2.12 bits per heavy atom. The lowest BCUT2D eigenvalue weighted by Crippen LogP contribution is -2.18. The lowest BCUT2D eigenvalue weighted by Gasteiger charge is -2.14. The fourth-order valence-electron chi connectivity index (χ4n) is 3.08. The minimum atomic E-state index is -0.497. The van der Waals surface area contributed by atoms with Crippen molar-refractivity contribution in [2.45, 2.75) is 39.3 Å². The monoisotopic (exact) mass is 503 g/mol. The van der Waals surface area contributed by atoms with Crippen molar-refractivity contribution < 1.29 is 19.1 Å². The smallest absolute Gasteiger partial charge is 0.348 e. The third-order valence-electron chi connectivity index (χ3n) is 4.46. The van der Waals surface area contributed by atoms with E-state index in [0.29, 0.717) is 10.4 Å². The molecule has 0 aliphatic carbocycles. The van der Waals surface area contributed by atoms with Gasteiger partial charge in [-0.05, 0) is 70.7 Å². The number of aryl methyl sites for hydroxylation is 1. The number of ether oxygens (including phenoxy) is 2. The number of carbonyl (C=O) groups is 2. The first-order valence-electron chi connectivity index (χ1n) is 8.30. The number of hydrogen-bond acceptors (Lipinski definition) is 5. The molecule has 0 bridgehead atoms. The Bertz CT molecular complexity index is 817. The van der Waals surface area contributed by atoms with E-state index >= 15 is 0 Å². The van der Waals surface area contributed by atoms with E-state index in [1.54, 1.807) is 6.07 Å². The number of aromatic nitrogens is 1. The predicted molar refractivity (Wildman–Crippen MR) is 107 cm³/mol. The summed E-state index contributed by atoms with van der Waals surface area (Å²) in [4.78, 5) is 25.1. The minimum Gasteiger partial charge on any atom is -0.453 e. The molecule has 0 N–H and O–H groups in total. The van der Waals surface area contributed by atoms with Gasteiger partial charge in [0.1, 0.15) is 4.88 Å². The van der Waals surface area contributed by atoms with Crippen molar-refractivity contribution in [1.82, 2.24) is 4.57 Å². The average molecular weight is 505 g/mol. The van der Waals surface area contributed by atoms with Gasteiger partial charge in [0.05, 0.1) is 9.89 Å². The van der Waals surface area contributed by atoms with Crippen molar-refractivity contribution in [3.8, 4) is 0 Å². The molecule has 3 heterocycles. The topological polar surface area (TPSA) is 57.5 Å². The van der Waals surface area contributed by atoms with Crippen LogP contribution in [0.25, 0.3) is 0 Å². The van der Waals surface area contributed by atoms with Gasteiger partial charge in [0, 0.05) is 34.6 Å². The Morgan fingerprint density at radius 1 is 1.35 bits per heavy atom. The first kappa shape index (κ1) is 19.8. The van der Waals surface area contributed by atoms with Crippen LogP contribution in [0.15, 0.2) is 20.4 Å². The van der Waals surface area contributed by atoms with Crippen LogP contribution in [0.3, 0.4) is 0 Å². The highest BCUT2D eigenvalue weighted by Crippen LogP contribution is 2.32. The summed E-state index contributed by atoms with van der Waals surface area (Å²) in [7, 11) is 0. The zero-order valence-electron chi connectivity index (χ0n) is 14.5. The van der Waals surface area contributed by atoms with Crippen LogP contribution in [0.1, 0.15) is 44.3 Å². The van der Waals surface area contributed by atoms with Crippen molar-refractivity contribution in [3.05, 3.63) is 42.2 Å². The van der Waals surface area contributed by atoms with Crippen molar-refractivity contribution >= 4 is 54.9 Å². The summed E-state index contributed by atoms with van der Waals surface area (Å²) in [6, 6.07) is 3.54. The van der Waals surface area contributed by atoms with Crippen LogP contribution in [0, 0.1) is 13.8 Å². The SMILES string of the molecule is Cc1cc(C(=O)COC(=O)c2cc(Br)c(Br)s2)c(C)n1C[C@@H]1CCCO1.